The van der Waals surface area contributed by atoms with E-state index in [1.807, 2.05) is 13.0 Å². The van der Waals surface area contributed by atoms with Crippen LogP contribution in [-0.2, 0) is 13.6 Å². The molecular formula is C29H31FN6O4. The number of nitrogens with zero attached hydrogens (tertiary/aromatic N) is 4. The van der Waals surface area contributed by atoms with Gasteiger partial charge in [-0.1, -0.05) is 0 Å². The van der Waals surface area contributed by atoms with Crippen LogP contribution in [0.4, 0.5) is 4.39 Å². The average Bonchev–Trinajstić information content (AvgIpc) is 3.47. The Morgan fingerprint density at radius 2 is 1.88 bits per heavy atom. The predicted molar refractivity (Wildman–Crippen MR) is 150 cm³/mol. The topological polar surface area (TPSA) is 127 Å². The largest absolute Gasteiger partial charge is 0.438 e. The SMILES string of the molecule is CCNC(=O)c1cc2c(-c3cc4c(cnn4CC(C)(C)O)nc3Oc3c(C)cc(F)cc3C)cn(C)c(=O)c2[nH]1. The van der Waals surface area contributed by atoms with Crippen LogP contribution in [0.3, 0.4) is 0 Å². The minimum atomic E-state index is -1.04. The second-order valence-electron chi connectivity index (χ2n) is 10.6. The van der Waals surface area contributed by atoms with E-state index in [-0.39, 0.29) is 40.9 Å². The smallest absolute Gasteiger partial charge is 0.274 e. The average molecular weight is 547 g/mol. The number of pyridine rings is 2. The summed E-state index contributed by atoms with van der Waals surface area (Å²) in [4.78, 5) is 33.4. The molecule has 0 atom stereocenters. The van der Waals surface area contributed by atoms with Gasteiger partial charge >= 0.3 is 0 Å². The van der Waals surface area contributed by atoms with Crippen molar-refractivity contribution in [2.45, 2.75) is 46.8 Å². The minimum Gasteiger partial charge on any atom is -0.438 e. The van der Waals surface area contributed by atoms with Gasteiger partial charge in [-0.05, 0) is 70.0 Å². The third kappa shape index (κ3) is 4.95. The molecule has 0 unspecified atom stereocenters. The Kier molecular flexibility index (Phi) is 6.70. The highest BCUT2D eigenvalue weighted by Gasteiger charge is 2.23. The van der Waals surface area contributed by atoms with Gasteiger partial charge in [0.1, 0.15) is 28.3 Å². The summed E-state index contributed by atoms with van der Waals surface area (Å²) in [5.74, 6) is -0.0354. The van der Waals surface area contributed by atoms with E-state index < -0.39 is 5.60 Å². The summed E-state index contributed by atoms with van der Waals surface area (Å²) in [7, 11) is 1.62. The molecule has 0 saturated heterocycles. The number of aliphatic hydroxyl groups is 1. The number of ether oxygens (including phenoxy) is 1. The number of aryl methyl sites for hydroxylation is 3. The molecular weight excluding hydrogens is 515 g/mol. The van der Waals surface area contributed by atoms with Crippen molar-refractivity contribution < 1.29 is 19.0 Å². The van der Waals surface area contributed by atoms with Gasteiger partial charge in [-0.2, -0.15) is 5.10 Å². The molecule has 10 nitrogen and oxygen atoms in total. The number of halogens is 1. The molecule has 3 N–H and O–H groups in total. The van der Waals surface area contributed by atoms with Crippen LogP contribution in [0.25, 0.3) is 33.1 Å². The summed E-state index contributed by atoms with van der Waals surface area (Å²) in [6, 6.07) is 6.24. The summed E-state index contributed by atoms with van der Waals surface area (Å²) >= 11 is 0. The van der Waals surface area contributed by atoms with Gasteiger partial charge in [0.2, 0.25) is 5.88 Å². The zero-order chi connectivity index (χ0) is 28.9. The molecule has 0 aliphatic carbocycles. The zero-order valence-electron chi connectivity index (χ0n) is 23.2. The van der Waals surface area contributed by atoms with Gasteiger partial charge < -0.3 is 24.7 Å². The second-order valence-corrected chi connectivity index (χ2v) is 10.6. The van der Waals surface area contributed by atoms with E-state index >= 15 is 0 Å². The van der Waals surface area contributed by atoms with Crippen LogP contribution >= 0.6 is 0 Å². The van der Waals surface area contributed by atoms with E-state index in [0.29, 0.717) is 51.0 Å². The van der Waals surface area contributed by atoms with Gasteiger partial charge in [0.25, 0.3) is 11.5 Å². The molecule has 0 radical (unpaired) electrons. The number of benzene rings is 1. The number of aromatic nitrogens is 5. The van der Waals surface area contributed by atoms with Crippen LogP contribution in [0.2, 0.25) is 0 Å². The van der Waals surface area contributed by atoms with Crippen molar-refractivity contribution in [1.29, 1.82) is 0 Å². The van der Waals surface area contributed by atoms with Crippen molar-refractivity contribution in [3.05, 3.63) is 69.7 Å². The van der Waals surface area contributed by atoms with Crippen molar-refractivity contribution in [3.8, 4) is 22.8 Å². The molecule has 0 aliphatic rings. The van der Waals surface area contributed by atoms with Crippen molar-refractivity contribution in [3.63, 3.8) is 0 Å². The van der Waals surface area contributed by atoms with Crippen LogP contribution in [-0.4, -0.2) is 47.5 Å². The van der Waals surface area contributed by atoms with E-state index in [4.69, 9.17) is 9.72 Å². The van der Waals surface area contributed by atoms with E-state index in [0.717, 1.165) is 0 Å². The number of rotatable bonds is 7. The van der Waals surface area contributed by atoms with Gasteiger partial charge in [-0.25, -0.2) is 9.37 Å². The van der Waals surface area contributed by atoms with Crippen LogP contribution in [0.1, 0.15) is 42.4 Å². The molecule has 208 valence electrons. The highest BCUT2D eigenvalue weighted by molar-refractivity contribution is 6.03. The van der Waals surface area contributed by atoms with Crippen molar-refractivity contribution >= 4 is 27.8 Å². The molecule has 0 fully saturated rings. The molecule has 1 amide bonds. The van der Waals surface area contributed by atoms with Crippen molar-refractivity contribution in [2.24, 2.45) is 7.05 Å². The molecule has 1 aromatic carbocycles. The van der Waals surface area contributed by atoms with Crippen LogP contribution < -0.4 is 15.6 Å². The lowest BCUT2D eigenvalue weighted by molar-refractivity contribution is 0.0591. The summed E-state index contributed by atoms with van der Waals surface area (Å²) in [6.07, 6.45) is 3.25. The van der Waals surface area contributed by atoms with Crippen LogP contribution in [0.15, 0.2) is 41.5 Å². The van der Waals surface area contributed by atoms with E-state index in [1.54, 1.807) is 57.9 Å². The molecule has 40 heavy (non-hydrogen) atoms. The van der Waals surface area contributed by atoms with Gasteiger partial charge in [0.15, 0.2) is 0 Å². The number of hydrogen-bond acceptors (Lipinski definition) is 6. The lowest BCUT2D eigenvalue weighted by atomic mass is 10.0. The molecule has 11 heteroatoms. The molecule has 4 aromatic heterocycles. The Labute approximate surface area is 229 Å². The van der Waals surface area contributed by atoms with Crippen molar-refractivity contribution in [1.82, 2.24) is 29.6 Å². The van der Waals surface area contributed by atoms with E-state index in [9.17, 15) is 19.1 Å². The first-order valence-corrected chi connectivity index (χ1v) is 12.9. The maximum Gasteiger partial charge on any atom is 0.274 e. The Bertz CT molecular complexity index is 1820. The fourth-order valence-corrected chi connectivity index (χ4v) is 4.83. The fraction of sp³-hybridized carbons (Fsp3) is 0.310. The van der Waals surface area contributed by atoms with Gasteiger partial charge in [0, 0.05) is 36.3 Å². The normalized spacial score (nSPS) is 11.9. The Morgan fingerprint density at radius 1 is 1.18 bits per heavy atom. The summed E-state index contributed by atoms with van der Waals surface area (Å²) in [5, 5.41) is 18.1. The van der Waals surface area contributed by atoms with Crippen molar-refractivity contribution in [2.75, 3.05) is 6.54 Å². The number of hydrogen-bond donors (Lipinski definition) is 3. The molecule has 5 aromatic rings. The molecule has 0 bridgehead atoms. The third-order valence-electron chi connectivity index (χ3n) is 6.59. The lowest BCUT2D eigenvalue weighted by Crippen LogP contribution is -2.26. The lowest BCUT2D eigenvalue weighted by Gasteiger charge is -2.18. The Hall–Kier alpha value is -4.51. The third-order valence-corrected chi connectivity index (χ3v) is 6.59. The zero-order valence-corrected chi connectivity index (χ0v) is 23.2. The standard InChI is InChI=1S/C29H31FN6O4/c1-7-31-26(37)21-10-18-20(13-35(6)28(38)24(18)33-21)19-11-23-22(12-32-36(23)14-29(4,5)39)34-27(19)40-25-15(2)8-17(30)9-16(25)3/h8-13,33,39H,7,14H2,1-6H3,(H,31,37). The van der Waals surface area contributed by atoms with Crippen LogP contribution in [0.5, 0.6) is 11.6 Å². The van der Waals surface area contributed by atoms with Gasteiger partial charge in [-0.3, -0.25) is 14.3 Å². The molecule has 4 heterocycles. The highest BCUT2D eigenvalue weighted by Crippen LogP contribution is 2.39. The minimum absolute atomic E-state index is 0.210. The number of H-pyrrole nitrogens is 1. The predicted octanol–water partition coefficient (Wildman–Crippen LogP) is 4.35. The number of nitrogens with one attached hydrogen (secondary N) is 2. The first-order valence-electron chi connectivity index (χ1n) is 12.9. The maximum absolute atomic E-state index is 14.0. The summed E-state index contributed by atoms with van der Waals surface area (Å²) in [6.45, 7) is 9.32. The number of amides is 1. The molecule has 0 saturated carbocycles. The first kappa shape index (κ1) is 27.1. The number of fused-ring (bicyclic) bond motifs is 2. The van der Waals surface area contributed by atoms with E-state index in [1.165, 1.54) is 16.7 Å². The molecule has 0 aliphatic heterocycles. The first-order chi connectivity index (χ1) is 18.9. The Morgan fingerprint density at radius 3 is 2.52 bits per heavy atom. The molecule has 0 spiro atoms. The maximum atomic E-state index is 14.0. The number of carbonyl (C=O) groups is 1. The number of aromatic amines is 1. The van der Waals surface area contributed by atoms with Crippen LogP contribution in [0, 0.1) is 19.7 Å². The van der Waals surface area contributed by atoms with Gasteiger partial charge in [-0.15, -0.1) is 0 Å². The second kappa shape index (κ2) is 9.91. The van der Waals surface area contributed by atoms with E-state index in [2.05, 4.69) is 15.4 Å². The summed E-state index contributed by atoms with van der Waals surface area (Å²) < 4.78 is 23.5. The quantitative estimate of drug-likeness (QED) is 0.279. The molecule has 5 rings (SSSR count). The Balaban J connectivity index is 1.80. The fourth-order valence-electron chi connectivity index (χ4n) is 4.83. The summed E-state index contributed by atoms with van der Waals surface area (Å²) in [5.41, 5.74) is 2.62. The highest BCUT2D eigenvalue weighted by atomic mass is 19.1. The number of carbonyl (C=O) groups excluding carboxylic acids is 1. The monoisotopic (exact) mass is 546 g/mol. The van der Waals surface area contributed by atoms with Gasteiger partial charge in [0.05, 0.1) is 23.9 Å².